The highest BCUT2D eigenvalue weighted by Crippen LogP contribution is 2.43. The van der Waals surface area contributed by atoms with Crippen LogP contribution < -0.4 is 10.5 Å². The zero-order chi connectivity index (χ0) is 15.0. The van der Waals surface area contributed by atoms with E-state index >= 15 is 0 Å². The Morgan fingerprint density at radius 2 is 1.86 bits per heavy atom. The van der Waals surface area contributed by atoms with Crippen LogP contribution in [0, 0.1) is 0 Å². The van der Waals surface area contributed by atoms with Crippen molar-refractivity contribution in [2.45, 2.75) is 25.6 Å². The molecule has 108 valence electrons. The van der Waals surface area contributed by atoms with Gasteiger partial charge in [-0.25, -0.2) is 4.99 Å². The van der Waals surface area contributed by atoms with Crippen molar-refractivity contribution in [3.8, 4) is 5.75 Å². The van der Waals surface area contributed by atoms with E-state index in [1.807, 2.05) is 62.4 Å². The second-order valence-corrected chi connectivity index (χ2v) is 5.42. The van der Waals surface area contributed by atoms with Crippen molar-refractivity contribution in [1.82, 2.24) is 0 Å². The number of aliphatic hydroxyl groups is 1. The molecule has 1 heterocycles. The molecule has 0 radical (unpaired) electrons. The van der Waals surface area contributed by atoms with Gasteiger partial charge < -0.3 is 15.6 Å². The number of rotatable bonds is 3. The van der Waals surface area contributed by atoms with Crippen molar-refractivity contribution in [3.05, 3.63) is 59.7 Å². The predicted octanol–water partition coefficient (Wildman–Crippen LogP) is 2.71. The Kier molecular flexibility index (Phi) is 3.18. The number of benzene rings is 2. The van der Waals surface area contributed by atoms with Gasteiger partial charge >= 0.3 is 0 Å². The topological polar surface area (TPSA) is 67.8 Å². The number of nitrogens with zero attached hydrogens (tertiary/aromatic N) is 1. The molecule has 3 N–H and O–H groups in total. The maximum absolute atomic E-state index is 11.1. The number of fused-ring (bicyclic) bond motifs is 1. The molecule has 0 aromatic heterocycles. The lowest BCUT2D eigenvalue weighted by Crippen LogP contribution is -2.39. The molecule has 0 amide bonds. The highest BCUT2D eigenvalue weighted by Gasteiger charge is 2.42. The van der Waals surface area contributed by atoms with E-state index in [0.29, 0.717) is 22.6 Å². The van der Waals surface area contributed by atoms with Crippen LogP contribution in [0.3, 0.4) is 0 Å². The monoisotopic (exact) mass is 282 g/mol. The highest BCUT2D eigenvalue weighted by atomic mass is 16.5. The molecule has 4 heteroatoms. The van der Waals surface area contributed by atoms with Gasteiger partial charge in [-0.2, -0.15) is 0 Å². The van der Waals surface area contributed by atoms with Gasteiger partial charge in [-0.15, -0.1) is 0 Å². The summed E-state index contributed by atoms with van der Waals surface area (Å²) in [6.45, 7) is 3.92. The van der Waals surface area contributed by atoms with E-state index in [1.165, 1.54) is 0 Å². The van der Waals surface area contributed by atoms with E-state index in [9.17, 15) is 5.11 Å². The smallest absolute Gasteiger partial charge is 0.174 e. The molecule has 0 bridgehead atoms. The molecule has 0 spiro atoms. The zero-order valence-electron chi connectivity index (χ0n) is 12.1. The second kappa shape index (κ2) is 4.90. The lowest BCUT2D eigenvalue weighted by atomic mass is 9.86. The largest absolute Gasteiger partial charge is 0.491 e. The molecule has 1 aliphatic heterocycles. The van der Waals surface area contributed by atoms with Crippen LogP contribution in [0.1, 0.15) is 25.0 Å². The summed E-state index contributed by atoms with van der Waals surface area (Å²) >= 11 is 0. The molecule has 2 aromatic rings. The summed E-state index contributed by atoms with van der Waals surface area (Å²) in [6, 6.07) is 14.8. The van der Waals surface area contributed by atoms with Gasteiger partial charge in [0.2, 0.25) is 0 Å². The number of ether oxygens (including phenoxy) is 1. The Hall–Kier alpha value is -2.33. The summed E-state index contributed by atoms with van der Waals surface area (Å²) in [6.07, 6.45) is 0.0625. The lowest BCUT2D eigenvalue weighted by Gasteiger charge is -2.25. The molecule has 0 fully saturated rings. The third-order valence-electron chi connectivity index (χ3n) is 3.53. The summed E-state index contributed by atoms with van der Waals surface area (Å²) in [4.78, 5) is 4.29. The molecule has 0 saturated carbocycles. The van der Waals surface area contributed by atoms with Crippen LogP contribution in [0.4, 0.5) is 5.69 Å². The van der Waals surface area contributed by atoms with E-state index in [-0.39, 0.29) is 11.9 Å². The zero-order valence-corrected chi connectivity index (χ0v) is 12.1. The van der Waals surface area contributed by atoms with E-state index in [2.05, 4.69) is 4.99 Å². The summed E-state index contributed by atoms with van der Waals surface area (Å²) in [7, 11) is 0. The minimum Gasteiger partial charge on any atom is -0.491 e. The Morgan fingerprint density at radius 3 is 2.52 bits per heavy atom. The molecular weight excluding hydrogens is 264 g/mol. The number of aliphatic imine (C=N–C) groups is 1. The van der Waals surface area contributed by atoms with Gasteiger partial charge in [0.1, 0.15) is 11.6 Å². The van der Waals surface area contributed by atoms with Gasteiger partial charge in [-0.3, -0.25) is 0 Å². The molecule has 0 aliphatic carbocycles. The Labute approximate surface area is 123 Å². The molecule has 4 nitrogen and oxygen atoms in total. The van der Waals surface area contributed by atoms with Gasteiger partial charge in [-0.05, 0) is 37.6 Å². The molecule has 0 saturated heterocycles. The van der Waals surface area contributed by atoms with Crippen LogP contribution in [0.2, 0.25) is 0 Å². The molecular formula is C17H18N2O2. The summed E-state index contributed by atoms with van der Waals surface area (Å²) in [5.74, 6) is 0.883. The quantitative estimate of drug-likeness (QED) is 0.909. The normalized spacial score (nSPS) is 20.3. The van der Waals surface area contributed by atoms with Crippen LogP contribution in [0.15, 0.2) is 53.5 Å². The van der Waals surface area contributed by atoms with Crippen molar-refractivity contribution >= 4 is 11.5 Å². The van der Waals surface area contributed by atoms with Crippen LogP contribution in [0.5, 0.6) is 5.75 Å². The first-order valence-electron chi connectivity index (χ1n) is 6.95. The average molecular weight is 282 g/mol. The Morgan fingerprint density at radius 1 is 1.14 bits per heavy atom. The van der Waals surface area contributed by atoms with Gasteiger partial charge in [0, 0.05) is 5.56 Å². The molecule has 1 atom stereocenters. The second-order valence-electron chi connectivity index (χ2n) is 5.42. The summed E-state index contributed by atoms with van der Waals surface area (Å²) in [5, 5.41) is 11.1. The minimum absolute atomic E-state index is 0.0625. The first kappa shape index (κ1) is 13.6. The van der Waals surface area contributed by atoms with E-state index in [4.69, 9.17) is 10.5 Å². The highest BCUT2D eigenvalue weighted by molar-refractivity contribution is 6.00. The predicted molar refractivity (Wildman–Crippen MR) is 82.9 cm³/mol. The van der Waals surface area contributed by atoms with Gasteiger partial charge in [-0.1, -0.05) is 30.3 Å². The van der Waals surface area contributed by atoms with Gasteiger partial charge in [0.25, 0.3) is 0 Å². The lowest BCUT2D eigenvalue weighted by molar-refractivity contribution is 0.157. The van der Waals surface area contributed by atoms with Crippen LogP contribution in [-0.2, 0) is 5.60 Å². The average Bonchev–Trinajstić information content (AvgIpc) is 2.72. The SMILES string of the molecule is CC(C)Oc1ccc2c(c1)C(O)(c1ccccc1)C(N)=N2. The van der Waals surface area contributed by atoms with Crippen molar-refractivity contribution in [1.29, 1.82) is 0 Å². The molecule has 1 unspecified atom stereocenters. The van der Waals surface area contributed by atoms with E-state index in [0.717, 1.165) is 0 Å². The van der Waals surface area contributed by atoms with E-state index in [1.54, 1.807) is 0 Å². The first-order chi connectivity index (χ1) is 10.0. The van der Waals surface area contributed by atoms with Gasteiger partial charge in [0.05, 0.1) is 11.8 Å². The molecule has 21 heavy (non-hydrogen) atoms. The fraction of sp³-hybridized carbons (Fsp3) is 0.235. The third kappa shape index (κ3) is 2.17. The fourth-order valence-electron chi connectivity index (χ4n) is 2.58. The number of nitrogens with two attached hydrogens (primary N) is 1. The van der Waals surface area contributed by atoms with Crippen LogP contribution in [0.25, 0.3) is 0 Å². The van der Waals surface area contributed by atoms with Crippen molar-refractivity contribution in [3.63, 3.8) is 0 Å². The van der Waals surface area contributed by atoms with Crippen LogP contribution in [-0.4, -0.2) is 17.0 Å². The molecule has 2 aromatic carbocycles. The fourth-order valence-corrected chi connectivity index (χ4v) is 2.58. The molecule has 1 aliphatic rings. The summed E-state index contributed by atoms with van der Waals surface area (Å²) < 4.78 is 5.70. The van der Waals surface area contributed by atoms with Crippen molar-refractivity contribution in [2.75, 3.05) is 0 Å². The van der Waals surface area contributed by atoms with Crippen molar-refractivity contribution in [2.24, 2.45) is 10.7 Å². The number of hydrogen-bond acceptors (Lipinski definition) is 4. The Bertz CT molecular complexity index is 695. The van der Waals surface area contributed by atoms with Crippen LogP contribution >= 0.6 is 0 Å². The maximum atomic E-state index is 11.1. The minimum atomic E-state index is -1.40. The Balaban J connectivity index is 2.12. The molecule has 3 rings (SSSR count). The van der Waals surface area contributed by atoms with E-state index < -0.39 is 5.60 Å². The standard InChI is InChI=1S/C17H18N2O2/c1-11(2)21-13-8-9-15-14(10-13)17(20,16(18)19-15)12-6-4-3-5-7-12/h3-11,20H,1-2H3,(H2,18,19). The number of hydrogen-bond donors (Lipinski definition) is 2. The summed E-state index contributed by atoms with van der Waals surface area (Å²) in [5.41, 5.74) is 6.64. The number of amidine groups is 1. The van der Waals surface area contributed by atoms with Crippen molar-refractivity contribution < 1.29 is 9.84 Å². The van der Waals surface area contributed by atoms with Gasteiger partial charge in [0.15, 0.2) is 5.60 Å². The third-order valence-corrected chi connectivity index (χ3v) is 3.53. The maximum Gasteiger partial charge on any atom is 0.174 e. The first-order valence-corrected chi connectivity index (χ1v) is 6.95.